The quantitative estimate of drug-likeness (QED) is 0.669. The van der Waals surface area contributed by atoms with Crippen molar-refractivity contribution in [3.05, 3.63) is 48.0 Å². The Morgan fingerprint density at radius 1 is 1.25 bits per heavy atom. The summed E-state index contributed by atoms with van der Waals surface area (Å²) in [6.45, 7) is 7.91. The van der Waals surface area contributed by atoms with Crippen molar-refractivity contribution in [1.82, 2.24) is 10.2 Å². The van der Waals surface area contributed by atoms with E-state index in [2.05, 4.69) is 72.7 Å². The van der Waals surface area contributed by atoms with Crippen molar-refractivity contribution in [3.8, 4) is 0 Å². The lowest BCUT2D eigenvalue weighted by Crippen LogP contribution is -2.63. The number of amides is 1. The first-order valence-electron chi connectivity index (χ1n) is 12.3. The monoisotopic (exact) mass is 432 g/mol. The summed E-state index contributed by atoms with van der Waals surface area (Å²) in [5.41, 5.74) is 6.36. The smallest absolute Gasteiger partial charge is 0.248 e. The first-order chi connectivity index (χ1) is 15.5. The van der Waals surface area contributed by atoms with E-state index in [1.807, 2.05) is 0 Å². The second kappa shape index (κ2) is 8.60. The van der Waals surface area contributed by atoms with Crippen LogP contribution in [0.15, 0.2) is 47.5 Å². The Bertz CT molecular complexity index is 1010. The Morgan fingerprint density at radius 2 is 2.06 bits per heavy atom. The normalized spacial score (nSPS) is 31.0. The van der Waals surface area contributed by atoms with Crippen LogP contribution in [-0.2, 0) is 11.3 Å². The number of aliphatic imine (C=N–C) groups is 1. The number of likely N-dealkylation sites (tertiary alicyclic amines) is 1. The maximum atomic E-state index is 13.9. The van der Waals surface area contributed by atoms with E-state index >= 15 is 0 Å². The number of hydrogen-bond donors (Lipinski definition) is 2. The Kier molecular flexibility index (Phi) is 5.81. The number of carbonyl (C=O) groups is 1. The highest BCUT2D eigenvalue weighted by Crippen LogP contribution is 2.54. The Morgan fingerprint density at radius 3 is 2.88 bits per heavy atom. The summed E-state index contributed by atoms with van der Waals surface area (Å²) < 4.78 is 0. The summed E-state index contributed by atoms with van der Waals surface area (Å²) in [6, 6.07) is 15.1. The highest BCUT2D eigenvalue weighted by molar-refractivity contribution is 5.92. The average Bonchev–Trinajstić information content (AvgIpc) is 3.11. The van der Waals surface area contributed by atoms with E-state index in [-0.39, 0.29) is 11.8 Å². The van der Waals surface area contributed by atoms with Gasteiger partial charge in [0.05, 0.1) is 0 Å². The Balaban J connectivity index is 1.41. The van der Waals surface area contributed by atoms with E-state index in [0.29, 0.717) is 30.3 Å². The summed E-state index contributed by atoms with van der Waals surface area (Å²) in [6.07, 6.45) is 5.06. The predicted octanol–water partition coefficient (Wildman–Crippen LogP) is 3.61. The molecule has 0 spiro atoms. The summed E-state index contributed by atoms with van der Waals surface area (Å²) in [5, 5.41) is 5.73. The molecule has 1 saturated heterocycles. The molecule has 1 saturated carbocycles. The van der Waals surface area contributed by atoms with Crippen molar-refractivity contribution in [1.29, 1.82) is 0 Å². The van der Waals surface area contributed by atoms with Gasteiger partial charge in [-0.05, 0) is 60.5 Å². The van der Waals surface area contributed by atoms with Gasteiger partial charge in [-0.1, -0.05) is 56.3 Å². The lowest BCUT2D eigenvalue weighted by molar-refractivity contribution is -0.132. The number of benzene rings is 2. The molecule has 1 aliphatic carbocycles. The lowest BCUT2D eigenvalue weighted by Gasteiger charge is -2.51. The van der Waals surface area contributed by atoms with Gasteiger partial charge in [0.15, 0.2) is 0 Å². The van der Waals surface area contributed by atoms with Crippen LogP contribution < -0.4 is 11.1 Å². The second-order valence-electron chi connectivity index (χ2n) is 10.4. The van der Waals surface area contributed by atoms with Crippen molar-refractivity contribution >= 4 is 22.9 Å². The third kappa shape index (κ3) is 3.56. The minimum Gasteiger partial charge on any atom is -0.350 e. The van der Waals surface area contributed by atoms with E-state index in [4.69, 9.17) is 10.7 Å². The molecule has 1 amide bonds. The van der Waals surface area contributed by atoms with E-state index < -0.39 is 5.54 Å². The van der Waals surface area contributed by atoms with Crippen LogP contribution in [0.4, 0.5) is 0 Å². The second-order valence-corrected chi connectivity index (χ2v) is 10.4. The van der Waals surface area contributed by atoms with Gasteiger partial charge in [-0.15, -0.1) is 0 Å². The van der Waals surface area contributed by atoms with Crippen molar-refractivity contribution in [3.63, 3.8) is 0 Å². The van der Waals surface area contributed by atoms with E-state index in [1.54, 1.807) is 0 Å². The Hall–Kier alpha value is -2.24. The molecule has 5 nitrogen and oxygen atoms in total. The molecule has 0 unspecified atom stereocenters. The topological polar surface area (TPSA) is 70.7 Å². The van der Waals surface area contributed by atoms with Crippen LogP contribution >= 0.6 is 0 Å². The van der Waals surface area contributed by atoms with Crippen LogP contribution in [0.5, 0.6) is 0 Å². The first kappa shape index (κ1) is 21.6. The molecule has 3 N–H and O–H groups in total. The van der Waals surface area contributed by atoms with Gasteiger partial charge in [-0.25, -0.2) is 0 Å². The molecule has 2 aromatic rings. The molecule has 0 aromatic heterocycles. The van der Waals surface area contributed by atoms with Crippen LogP contribution in [-0.4, -0.2) is 48.2 Å². The summed E-state index contributed by atoms with van der Waals surface area (Å²) in [5.74, 6) is 1.93. The largest absolute Gasteiger partial charge is 0.350 e. The van der Waals surface area contributed by atoms with Crippen LogP contribution in [0.3, 0.4) is 0 Å². The summed E-state index contributed by atoms with van der Waals surface area (Å²) >= 11 is 0. The van der Waals surface area contributed by atoms with Gasteiger partial charge in [0.1, 0.15) is 5.54 Å². The average molecular weight is 433 g/mol. The highest BCUT2D eigenvalue weighted by Gasteiger charge is 2.63. The fourth-order valence-electron chi connectivity index (χ4n) is 6.67. The molecule has 170 valence electrons. The van der Waals surface area contributed by atoms with Gasteiger partial charge in [-0.2, -0.15) is 0 Å². The minimum absolute atomic E-state index is 0.112. The molecule has 3 heterocycles. The van der Waals surface area contributed by atoms with Crippen LogP contribution in [0, 0.1) is 23.7 Å². The highest BCUT2D eigenvalue weighted by atomic mass is 16.2. The molecule has 32 heavy (non-hydrogen) atoms. The van der Waals surface area contributed by atoms with Gasteiger partial charge in [-0.3, -0.25) is 14.7 Å². The molecule has 5 heteroatoms. The standard InChI is InChI=1S/C27H36N4O/c1-18(2)13-24-25-23-16-30-27(24,14-21(23)17-31(25)12-6-11-28)26(32)29-15-20-9-5-8-19-7-3-4-10-22(19)20/h3-5,7-10,16,18,21,23-25H,6,11-15,17,28H2,1-2H3,(H,29,32)/t21-,23-,24-,25+,27+/m1/s1. The molecular formula is C27H36N4O. The number of nitrogens with one attached hydrogen (secondary N) is 1. The van der Waals surface area contributed by atoms with E-state index in [0.717, 1.165) is 44.5 Å². The number of hydrogen-bond acceptors (Lipinski definition) is 4. The molecule has 0 radical (unpaired) electrons. The fourth-order valence-corrected chi connectivity index (χ4v) is 6.67. The lowest BCUT2D eigenvalue weighted by atomic mass is 9.59. The number of rotatable bonds is 8. The molecule has 4 aliphatic rings. The van der Waals surface area contributed by atoms with Crippen molar-refractivity contribution in [2.75, 3.05) is 19.6 Å². The van der Waals surface area contributed by atoms with E-state index in [9.17, 15) is 4.79 Å². The van der Waals surface area contributed by atoms with Crippen molar-refractivity contribution in [2.24, 2.45) is 34.4 Å². The predicted molar refractivity (Wildman–Crippen MR) is 131 cm³/mol. The molecule has 3 aliphatic heterocycles. The van der Waals surface area contributed by atoms with Gasteiger partial charge < -0.3 is 11.1 Å². The molecule has 5 atom stereocenters. The third-order valence-corrected chi connectivity index (χ3v) is 7.99. The van der Waals surface area contributed by atoms with Gasteiger partial charge in [0.2, 0.25) is 5.91 Å². The number of fused-ring (bicyclic) bond motifs is 1. The number of nitrogens with two attached hydrogens (primary N) is 1. The number of carbonyl (C=O) groups excluding carboxylic acids is 1. The van der Waals surface area contributed by atoms with Gasteiger partial charge in [0.25, 0.3) is 0 Å². The fraction of sp³-hybridized carbons (Fsp3) is 0.556. The first-order valence-corrected chi connectivity index (χ1v) is 12.3. The maximum Gasteiger partial charge on any atom is 0.248 e. The summed E-state index contributed by atoms with van der Waals surface area (Å²) in [7, 11) is 0. The molecule has 2 aromatic carbocycles. The van der Waals surface area contributed by atoms with Crippen molar-refractivity contribution in [2.45, 2.75) is 51.2 Å². The van der Waals surface area contributed by atoms with Crippen LogP contribution in [0.1, 0.15) is 38.7 Å². The Labute approximate surface area is 191 Å². The summed E-state index contributed by atoms with van der Waals surface area (Å²) in [4.78, 5) is 21.5. The minimum atomic E-state index is -0.629. The van der Waals surface area contributed by atoms with Crippen LogP contribution in [0.2, 0.25) is 0 Å². The third-order valence-electron chi connectivity index (χ3n) is 7.99. The molecule has 2 fully saturated rings. The SMILES string of the molecule is CC(C)C[C@@H]1[C@@H]2[C@@H]3C=N[C@@]1(C(=O)NCc1cccc4ccccc14)C[C@@H]3CN2CCCN. The van der Waals surface area contributed by atoms with Gasteiger partial charge in [0, 0.05) is 37.2 Å². The molecule has 4 bridgehead atoms. The molecular weight excluding hydrogens is 396 g/mol. The molecule has 6 rings (SSSR count). The van der Waals surface area contributed by atoms with Crippen molar-refractivity contribution < 1.29 is 4.79 Å². The van der Waals surface area contributed by atoms with E-state index in [1.165, 1.54) is 10.8 Å². The zero-order valence-corrected chi connectivity index (χ0v) is 19.3. The zero-order valence-electron chi connectivity index (χ0n) is 19.3. The maximum absolute atomic E-state index is 13.9. The number of nitrogens with zero attached hydrogens (tertiary/aromatic N) is 2. The van der Waals surface area contributed by atoms with Gasteiger partial charge >= 0.3 is 0 Å². The van der Waals surface area contributed by atoms with Crippen LogP contribution in [0.25, 0.3) is 10.8 Å². The zero-order chi connectivity index (χ0) is 22.3.